The minimum atomic E-state index is -4.47. The smallest absolute Gasteiger partial charge is 0.269 e. The summed E-state index contributed by atoms with van der Waals surface area (Å²) in [6.45, 7) is -0.0137. The first kappa shape index (κ1) is 15.9. The first-order valence-electron chi connectivity index (χ1n) is 6.10. The predicted molar refractivity (Wildman–Crippen MR) is 78.6 cm³/mol. The van der Waals surface area contributed by atoms with Crippen LogP contribution in [-0.2, 0) is 22.4 Å². The second-order valence-electron chi connectivity index (χ2n) is 4.57. The van der Waals surface area contributed by atoms with Crippen LogP contribution in [0.15, 0.2) is 46.4 Å². The van der Waals surface area contributed by atoms with Gasteiger partial charge in [0.25, 0.3) is 15.7 Å². The number of rotatable bonds is 5. The zero-order chi connectivity index (χ0) is 16.3. The van der Waals surface area contributed by atoms with Gasteiger partial charge in [0.2, 0.25) is 5.88 Å². The summed E-state index contributed by atoms with van der Waals surface area (Å²) in [6, 6.07) is 9.54. The molecule has 0 spiro atoms. The summed E-state index contributed by atoms with van der Waals surface area (Å²) in [6.07, 6.45) is 0. The Morgan fingerprint density at radius 2 is 1.82 bits per heavy atom. The van der Waals surface area contributed by atoms with E-state index in [0.717, 1.165) is 10.6 Å². The molecular formula is C13H12N2O6S. The van der Waals surface area contributed by atoms with Crippen molar-refractivity contribution in [3.8, 4) is 5.88 Å². The third kappa shape index (κ3) is 3.57. The van der Waals surface area contributed by atoms with Crippen molar-refractivity contribution in [2.24, 2.45) is 5.18 Å². The standard InChI is InChI=1S/C13H12N2O6S/c16-11-6-10(8-22(19,20)21)12(14-18)13(17)15(11)7-9-4-2-1-3-5-9/h1-6,17H,7-8H2,(H,19,20,21). The van der Waals surface area contributed by atoms with Gasteiger partial charge in [0.05, 0.1) is 6.54 Å². The molecule has 0 aliphatic carbocycles. The lowest BCUT2D eigenvalue weighted by atomic mass is 10.2. The molecule has 2 aromatic rings. The summed E-state index contributed by atoms with van der Waals surface area (Å²) in [5.74, 6) is -1.73. The van der Waals surface area contributed by atoms with E-state index in [-0.39, 0.29) is 12.1 Å². The summed E-state index contributed by atoms with van der Waals surface area (Å²) in [7, 11) is -4.47. The number of aromatic hydroxyl groups is 1. The molecule has 0 amide bonds. The SMILES string of the molecule is O=Nc1c(CS(=O)(=O)O)cc(=O)n(Cc2ccccc2)c1O. The molecule has 0 aliphatic heterocycles. The number of hydrogen-bond donors (Lipinski definition) is 2. The van der Waals surface area contributed by atoms with Gasteiger partial charge in [-0.25, -0.2) is 0 Å². The average molecular weight is 324 g/mol. The summed E-state index contributed by atoms with van der Waals surface area (Å²) in [5, 5.41) is 12.6. The number of pyridine rings is 1. The molecule has 2 N–H and O–H groups in total. The number of nitroso groups, excluding NO2 is 1. The van der Waals surface area contributed by atoms with Gasteiger partial charge in [-0.15, -0.1) is 4.91 Å². The van der Waals surface area contributed by atoms with Crippen molar-refractivity contribution in [3.05, 3.63) is 62.8 Å². The highest BCUT2D eigenvalue weighted by Gasteiger charge is 2.20. The highest BCUT2D eigenvalue weighted by Crippen LogP contribution is 2.30. The molecule has 1 aromatic heterocycles. The highest BCUT2D eigenvalue weighted by molar-refractivity contribution is 7.85. The molecule has 0 fully saturated rings. The van der Waals surface area contributed by atoms with E-state index in [1.54, 1.807) is 30.3 Å². The Labute approximate surface area is 125 Å². The van der Waals surface area contributed by atoms with Crippen LogP contribution in [-0.4, -0.2) is 22.6 Å². The van der Waals surface area contributed by atoms with E-state index >= 15 is 0 Å². The molecule has 116 valence electrons. The third-order valence-electron chi connectivity index (χ3n) is 2.95. The van der Waals surface area contributed by atoms with E-state index in [1.165, 1.54) is 0 Å². The fraction of sp³-hybridized carbons (Fsp3) is 0.154. The van der Waals surface area contributed by atoms with E-state index in [0.29, 0.717) is 5.56 Å². The maximum absolute atomic E-state index is 12.0. The lowest BCUT2D eigenvalue weighted by Gasteiger charge is -2.11. The van der Waals surface area contributed by atoms with Crippen LogP contribution in [0.3, 0.4) is 0 Å². The largest absolute Gasteiger partial charge is 0.493 e. The Hall–Kier alpha value is -2.52. The van der Waals surface area contributed by atoms with Crippen molar-refractivity contribution in [2.45, 2.75) is 12.3 Å². The first-order chi connectivity index (χ1) is 10.3. The number of benzene rings is 1. The molecule has 0 aliphatic rings. The van der Waals surface area contributed by atoms with Gasteiger partial charge in [-0.05, 0) is 10.7 Å². The molecule has 0 atom stereocenters. The third-order valence-corrected chi connectivity index (χ3v) is 3.62. The van der Waals surface area contributed by atoms with E-state index in [4.69, 9.17) is 4.55 Å². The van der Waals surface area contributed by atoms with Crippen LogP contribution in [0, 0.1) is 4.91 Å². The molecule has 1 aromatic carbocycles. The van der Waals surface area contributed by atoms with Crippen LogP contribution in [0.5, 0.6) is 5.88 Å². The van der Waals surface area contributed by atoms with Crippen LogP contribution in [0.2, 0.25) is 0 Å². The maximum atomic E-state index is 12.0. The monoisotopic (exact) mass is 324 g/mol. The molecule has 0 unspecified atom stereocenters. The number of aromatic nitrogens is 1. The minimum absolute atomic E-state index is 0.0137. The molecule has 0 saturated heterocycles. The quantitative estimate of drug-likeness (QED) is 0.632. The highest BCUT2D eigenvalue weighted by atomic mass is 32.2. The van der Waals surface area contributed by atoms with Gasteiger partial charge in [-0.1, -0.05) is 30.3 Å². The molecule has 1 heterocycles. The Balaban J connectivity index is 2.54. The lowest BCUT2D eigenvalue weighted by Crippen LogP contribution is -2.21. The molecule has 0 bridgehead atoms. The number of nitrogens with zero attached hydrogens (tertiary/aromatic N) is 2. The van der Waals surface area contributed by atoms with Crippen LogP contribution in [0.25, 0.3) is 0 Å². The van der Waals surface area contributed by atoms with Gasteiger partial charge < -0.3 is 5.11 Å². The first-order valence-corrected chi connectivity index (χ1v) is 7.71. The van der Waals surface area contributed by atoms with Crippen LogP contribution in [0.1, 0.15) is 11.1 Å². The topological polar surface area (TPSA) is 126 Å². The molecular weight excluding hydrogens is 312 g/mol. The van der Waals surface area contributed by atoms with Crippen molar-refractivity contribution < 1.29 is 18.1 Å². The zero-order valence-corrected chi connectivity index (χ0v) is 12.0. The summed E-state index contributed by atoms with van der Waals surface area (Å²) < 4.78 is 31.5. The van der Waals surface area contributed by atoms with Gasteiger partial charge in [0.1, 0.15) is 5.75 Å². The van der Waals surface area contributed by atoms with Gasteiger partial charge in [-0.3, -0.25) is 13.9 Å². The average Bonchev–Trinajstić information content (AvgIpc) is 2.43. The second kappa shape index (κ2) is 6.08. The normalized spacial score (nSPS) is 11.3. The van der Waals surface area contributed by atoms with Crippen LogP contribution >= 0.6 is 0 Å². The molecule has 2 rings (SSSR count). The van der Waals surface area contributed by atoms with Crippen molar-refractivity contribution in [1.82, 2.24) is 4.57 Å². The van der Waals surface area contributed by atoms with Gasteiger partial charge in [-0.2, -0.15) is 8.42 Å². The van der Waals surface area contributed by atoms with Crippen molar-refractivity contribution in [2.75, 3.05) is 0 Å². The number of hydrogen-bond acceptors (Lipinski definition) is 6. The van der Waals surface area contributed by atoms with Gasteiger partial charge >= 0.3 is 0 Å². The van der Waals surface area contributed by atoms with Gasteiger partial charge in [0.15, 0.2) is 5.69 Å². The Morgan fingerprint density at radius 1 is 1.18 bits per heavy atom. The van der Waals surface area contributed by atoms with E-state index in [2.05, 4.69) is 5.18 Å². The van der Waals surface area contributed by atoms with Crippen molar-refractivity contribution >= 4 is 15.8 Å². The van der Waals surface area contributed by atoms with Crippen molar-refractivity contribution in [3.63, 3.8) is 0 Å². The summed E-state index contributed by atoms with van der Waals surface area (Å²) in [4.78, 5) is 22.9. The van der Waals surface area contributed by atoms with Gasteiger partial charge in [0, 0.05) is 11.6 Å². The maximum Gasteiger partial charge on any atom is 0.269 e. The van der Waals surface area contributed by atoms with E-state index in [9.17, 15) is 23.2 Å². The van der Waals surface area contributed by atoms with Crippen LogP contribution < -0.4 is 5.56 Å². The van der Waals surface area contributed by atoms with E-state index in [1.807, 2.05) is 0 Å². The Morgan fingerprint density at radius 3 is 2.36 bits per heavy atom. The lowest BCUT2D eigenvalue weighted by molar-refractivity contribution is 0.416. The fourth-order valence-corrected chi connectivity index (χ4v) is 2.61. The Kier molecular flexibility index (Phi) is 4.38. The fourth-order valence-electron chi connectivity index (χ4n) is 2.00. The second-order valence-corrected chi connectivity index (χ2v) is 6.02. The molecule has 0 saturated carbocycles. The molecule has 9 heteroatoms. The summed E-state index contributed by atoms with van der Waals surface area (Å²) in [5.41, 5.74) is -0.968. The Bertz CT molecular complexity index is 858. The van der Waals surface area contributed by atoms with Crippen LogP contribution in [0.4, 0.5) is 5.69 Å². The molecule has 8 nitrogen and oxygen atoms in total. The predicted octanol–water partition coefficient (Wildman–Crippen LogP) is 1.39. The molecule has 0 radical (unpaired) electrons. The summed E-state index contributed by atoms with van der Waals surface area (Å²) >= 11 is 0. The molecule has 22 heavy (non-hydrogen) atoms. The minimum Gasteiger partial charge on any atom is -0.493 e. The van der Waals surface area contributed by atoms with E-state index < -0.39 is 33.0 Å². The zero-order valence-electron chi connectivity index (χ0n) is 11.2. The van der Waals surface area contributed by atoms with Crippen molar-refractivity contribution in [1.29, 1.82) is 0 Å².